The van der Waals surface area contributed by atoms with Gasteiger partial charge < -0.3 is 14.2 Å². The van der Waals surface area contributed by atoms with Gasteiger partial charge in [-0.05, 0) is 30.0 Å². The molecule has 1 unspecified atom stereocenters. The Bertz CT molecular complexity index is 554. The van der Waals surface area contributed by atoms with Crippen molar-refractivity contribution in [2.45, 2.75) is 19.3 Å². The summed E-state index contributed by atoms with van der Waals surface area (Å²) in [4.78, 5) is 0. The normalized spacial score (nSPS) is 12.3. The molecule has 0 saturated carbocycles. The molecular formula is C20H26O3. The topological polar surface area (TPSA) is 27.7 Å². The molecule has 2 aromatic rings. The Kier molecular flexibility index (Phi) is 7.81. The summed E-state index contributed by atoms with van der Waals surface area (Å²) in [5.41, 5.74) is 3.97. The number of benzene rings is 2. The van der Waals surface area contributed by atoms with Crippen LogP contribution in [-0.4, -0.2) is 33.7 Å². The second-order valence-electron chi connectivity index (χ2n) is 5.63. The van der Waals surface area contributed by atoms with Crippen LogP contribution in [-0.2, 0) is 20.6 Å². The first-order valence-electron chi connectivity index (χ1n) is 8.05. The van der Waals surface area contributed by atoms with Crippen molar-refractivity contribution in [1.82, 2.24) is 0 Å². The molecule has 0 radical (unpaired) electrons. The number of hydrogen-bond acceptors (Lipinski definition) is 3. The van der Waals surface area contributed by atoms with Crippen molar-refractivity contribution in [3.63, 3.8) is 0 Å². The third-order valence-corrected chi connectivity index (χ3v) is 3.87. The zero-order valence-corrected chi connectivity index (χ0v) is 14.0. The quantitative estimate of drug-likeness (QED) is 0.491. The van der Waals surface area contributed by atoms with Crippen LogP contribution in [0.3, 0.4) is 0 Å². The van der Waals surface area contributed by atoms with Crippen molar-refractivity contribution < 1.29 is 14.2 Å². The van der Waals surface area contributed by atoms with E-state index in [4.69, 9.17) is 14.2 Å². The number of hydrogen-bond donors (Lipinski definition) is 0. The first kappa shape index (κ1) is 17.7. The van der Waals surface area contributed by atoms with E-state index in [-0.39, 0.29) is 0 Å². The highest BCUT2D eigenvalue weighted by Crippen LogP contribution is 2.24. The smallest absolute Gasteiger partial charge is 0.146 e. The maximum atomic E-state index is 5.75. The molecule has 0 aliphatic rings. The van der Waals surface area contributed by atoms with Gasteiger partial charge in [0.25, 0.3) is 0 Å². The Hall–Kier alpha value is -1.68. The van der Waals surface area contributed by atoms with Gasteiger partial charge in [0.15, 0.2) is 0 Å². The van der Waals surface area contributed by atoms with E-state index in [9.17, 15) is 0 Å². The Balaban J connectivity index is 1.96. The van der Waals surface area contributed by atoms with E-state index in [1.54, 1.807) is 7.11 Å². The van der Waals surface area contributed by atoms with Gasteiger partial charge in [-0.1, -0.05) is 54.6 Å². The largest absolute Gasteiger partial charge is 0.382 e. The summed E-state index contributed by atoms with van der Waals surface area (Å²) in [6.45, 7) is 4.26. The Morgan fingerprint density at radius 2 is 1.61 bits per heavy atom. The van der Waals surface area contributed by atoms with Crippen LogP contribution in [0.15, 0.2) is 54.6 Å². The Labute approximate surface area is 139 Å². The van der Waals surface area contributed by atoms with Gasteiger partial charge in [-0.25, -0.2) is 0 Å². The lowest BCUT2D eigenvalue weighted by Crippen LogP contribution is -2.15. The minimum Gasteiger partial charge on any atom is -0.382 e. The zero-order valence-electron chi connectivity index (χ0n) is 14.0. The van der Waals surface area contributed by atoms with E-state index in [1.165, 1.54) is 16.7 Å². The van der Waals surface area contributed by atoms with Crippen molar-refractivity contribution >= 4 is 0 Å². The second kappa shape index (κ2) is 10.2. The van der Waals surface area contributed by atoms with Gasteiger partial charge in [-0.15, -0.1) is 0 Å². The van der Waals surface area contributed by atoms with E-state index < -0.39 is 0 Å². The number of ether oxygens (including phenoxy) is 3. The fourth-order valence-electron chi connectivity index (χ4n) is 2.65. The van der Waals surface area contributed by atoms with E-state index >= 15 is 0 Å². The third kappa shape index (κ3) is 6.14. The lowest BCUT2D eigenvalue weighted by molar-refractivity contribution is -0.0693. The fourth-order valence-corrected chi connectivity index (χ4v) is 2.65. The van der Waals surface area contributed by atoms with Crippen molar-refractivity contribution in [3.05, 3.63) is 71.3 Å². The second-order valence-corrected chi connectivity index (χ2v) is 5.63. The lowest BCUT2D eigenvalue weighted by Gasteiger charge is -2.20. The van der Waals surface area contributed by atoms with Crippen LogP contribution in [0.2, 0.25) is 0 Å². The molecule has 0 spiro atoms. The van der Waals surface area contributed by atoms with Crippen LogP contribution in [0.25, 0.3) is 0 Å². The predicted molar refractivity (Wildman–Crippen MR) is 92.7 cm³/mol. The van der Waals surface area contributed by atoms with Crippen molar-refractivity contribution in [1.29, 1.82) is 0 Å². The SMILES string of the molecule is COCCOCOCC(Cc1ccccc1)c1ccccc1C. The van der Waals surface area contributed by atoms with Crippen LogP contribution in [0.1, 0.15) is 22.6 Å². The maximum Gasteiger partial charge on any atom is 0.146 e. The monoisotopic (exact) mass is 314 g/mol. The molecule has 0 N–H and O–H groups in total. The van der Waals surface area contributed by atoms with Crippen LogP contribution in [0.4, 0.5) is 0 Å². The van der Waals surface area contributed by atoms with Crippen LogP contribution in [0, 0.1) is 6.92 Å². The molecule has 2 rings (SSSR count). The van der Waals surface area contributed by atoms with Crippen molar-refractivity contribution in [2.24, 2.45) is 0 Å². The van der Waals surface area contributed by atoms with Gasteiger partial charge >= 0.3 is 0 Å². The fraction of sp³-hybridized carbons (Fsp3) is 0.400. The summed E-state index contributed by atoms with van der Waals surface area (Å²) in [6, 6.07) is 19.1. The molecule has 23 heavy (non-hydrogen) atoms. The van der Waals surface area contributed by atoms with E-state index in [0.717, 1.165) is 6.42 Å². The van der Waals surface area contributed by atoms with Gasteiger partial charge in [-0.3, -0.25) is 0 Å². The first-order chi connectivity index (χ1) is 11.3. The molecular weight excluding hydrogens is 288 g/mol. The molecule has 0 saturated heterocycles. The Morgan fingerprint density at radius 1 is 0.870 bits per heavy atom. The van der Waals surface area contributed by atoms with E-state index in [1.807, 2.05) is 6.07 Å². The molecule has 2 aromatic carbocycles. The molecule has 0 aromatic heterocycles. The number of aryl methyl sites for hydroxylation is 1. The molecule has 0 bridgehead atoms. The number of rotatable bonds is 10. The Morgan fingerprint density at radius 3 is 2.35 bits per heavy atom. The average molecular weight is 314 g/mol. The molecule has 0 amide bonds. The molecule has 3 nitrogen and oxygen atoms in total. The molecule has 1 atom stereocenters. The van der Waals surface area contributed by atoms with Gasteiger partial charge in [0.1, 0.15) is 6.79 Å². The highest BCUT2D eigenvalue weighted by atomic mass is 16.7. The summed E-state index contributed by atoms with van der Waals surface area (Å²) >= 11 is 0. The van der Waals surface area contributed by atoms with Gasteiger partial charge in [-0.2, -0.15) is 0 Å². The van der Waals surface area contributed by atoms with Crippen molar-refractivity contribution in [2.75, 3.05) is 33.7 Å². The standard InChI is InChI=1S/C20H26O3/c1-17-8-6-7-11-20(17)19(14-18-9-4-3-5-10-18)15-23-16-22-13-12-21-2/h3-11,19H,12-16H2,1-2H3. The molecule has 0 heterocycles. The highest BCUT2D eigenvalue weighted by Gasteiger charge is 2.14. The maximum absolute atomic E-state index is 5.75. The van der Waals surface area contributed by atoms with E-state index in [2.05, 4.69) is 55.5 Å². The third-order valence-electron chi connectivity index (χ3n) is 3.87. The summed E-state index contributed by atoms with van der Waals surface area (Å²) in [7, 11) is 1.66. The molecule has 0 aliphatic carbocycles. The van der Waals surface area contributed by atoms with Gasteiger partial charge in [0.05, 0.1) is 19.8 Å². The summed E-state index contributed by atoms with van der Waals surface area (Å²) < 4.78 is 16.1. The van der Waals surface area contributed by atoms with Gasteiger partial charge in [0, 0.05) is 13.0 Å². The van der Waals surface area contributed by atoms with Crippen LogP contribution < -0.4 is 0 Å². The van der Waals surface area contributed by atoms with Crippen LogP contribution in [0.5, 0.6) is 0 Å². The lowest BCUT2D eigenvalue weighted by atomic mass is 9.90. The molecule has 124 valence electrons. The summed E-state index contributed by atoms with van der Waals surface area (Å²) in [6.07, 6.45) is 0.962. The van der Waals surface area contributed by atoms with Gasteiger partial charge in [0.2, 0.25) is 0 Å². The predicted octanol–water partition coefficient (Wildman–Crippen LogP) is 3.96. The van der Waals surface area contributed by atoms with E-state index in [0.29, 0.717) is 32.5 Å². The first-order valence-corrected chi connectivity index (χ1v) is 8.05. The minimum atomic E-state index is 0.306. The zero-order chi connectivity index (χ0) is 16.3. The summed E-state index contributed by atoms with van der Waals surface area (Å²) in [5.74, 6) is 0.324. The minimum absolute atomic E-state index is 0.306. The average Bonchev–Trinajstić information content (AvgIpc) is 2.58. The number of methoxy groups -OCH3 is 1. The van der Waals surface area contributed by atoms with Crippen LogP contribution >= 0.6 is 0 Å². The molecule has 0 fully saturated rings. The highest BCUT2D eigenvalue weighted by molar-refractivity contribution is 5.31. The summed E-state index contributed by atoms with van der Waals surface area (Å²) in [5, 5.41) is 0. The molecule has 0 aliphatic heterocycles. The van der Waals surface area contributed by atoms with Crippen molar-refractivity contribution in [3.8, 4) is 0 Å². The molecule has 3 heteroatoms.